The molecule has 0 aromatic heterocycles. The zero-order valence-electron chi connectivity index (χ0n) is 15.1. The van der Waals surface area contributed by atoms with Crippen molar-refractivity contribution >= 4 is 30.7 Å². The Kier molecular flexibility index (Phi) is 8.88. The van der Waals surface area contributed by atoms with Crippen LogP contribution in [0.5, 0.6) is 0 Å². The standard InChI is InChI=1S/C17H33N3O.2ClH/c1-13-9-14(2)11-20(10-13)16(3,4)12-19-15(21)17(18)7-5-6-8-17;;/h13-14H,5-12,18H2,1-4H3,(H,19,21);2*1H. The van der Waals surface area contributed by atoms with E-state index in [9.17, 15) is 4.79 Å². The molecule has 1 heterocycles. The van der Waals surface area contributed by atoms with Gasteiger partial charge in [-0.3, -0.25) is 9.69 Å². The van der Waals surface area contributed by atoms with Gasteiger partial charge >= 0.3 is 0 Å². The monoisotopic (exact) mass is 367 g/mol. The maximum Gasteiger partial charge on any atom is 0.240 e. The summed E-state index contributed by atoms with van der Waals surface area (Å²) in [5.74, 6) is 1.52. The Balaban J connectivity index is 0.00000242. The van der Waals surface area contributed by atoms with Gasteiger partial charge in [0.2, 0.25) is 5.91 Å². The molecule has 2 fully saturated rings. The second-order valence-corrected chi connectivity index (χ2v) is 8.21. The highest BCUT2D eigenvalue weighted by Gasteiger charge is 2.39. The van der Waals surface area contributed by atoms with Crippen LogP contribution in [0, 0.1) is 11.8 Å². The lowest BCUT2D eigenvalue weighted by Gasteiger charge is -2.45. The summed E-state index contributed by atoms with van der Waals surface area (Å²) in [4.78, 5) is 14.9. The number of nitrogens with two attached hydrogens (primary N) is 1. The summed E-state index contributed by atoms with van der Waals surface area (Å²) < 4.78 is 0. The van der Waals surface area contributed by atoms with E-state index in [0.717, 1.165) is 50.6 Å². The van der Waals surface area contributed by atoms with Crippen molar-refractivity contribution in [2.75, 3.05) is 19.6 Å². The van der Waals surface area contributed by atoms with Gasteiger partial charge in [-0.05, 0) is 44.9 Å². The van der Waals surface area contributed by atoms with Gasteiger partial charge in [0, 0.05) is 25.2 Å². The van der Waals surface area contributed by atoms with Crippen LogP contribution in [0.3, 0.4) is 0 Å². The summed E-state index contributed by atoms with van der Waals surface area (Å²) in [7, 11) is 0. The van der Waals surface area contributed by atoms with E-state index < -0.39 is 5.54 Å². The summed E-state index contributed by atoms with van der Waals surface area (Å²) >= 11 is 0. The fraction of sp³-hybridized carbons (Fsp3) is 0.941. The third kappa shape index (κ3) is 5.77. The van der Waals surface area contributed by atoms with E-state index in [-0.39, 0.29) is 36.3 Å². The third-order valence-electron chi connectivity index (χ3n) is 5.35. The molecule has 4 nitrogen and oxygen atoms in total. The first-order chi connectivity index (χ1) is 9.73. The molecule has 6 heteroatoms. The predicted octanol–water partition coefficient (Wildman–Crippen LogP) is 2.97. The largest absolute Gasteiger partial charge is 0.353 e. The first kappa shape index (κ1) is 23.0. The molecule has 2 atom stereocenters. The molecule has 0 bridgehead atoms. The first-order valence-corrected chi connectivity index (χ1v) is 8.55. The summed E-state index contributed by atoms with van der Waals surface area (Å²) in [6.45, 7) is 12.0. The van der Waals surface area contributed by atoms with Gasteiger partial charge in [0.25, 0.3) is 0 Å². The summed E-state index contributed by atoms with van der Waals surface area (Å²) in [5, 5.41) is 3.13. The van der Waals surface area contributed by atoms with E-state index in [1.54, 1.807) is 0 Å². The van der Waals surface area contributed by atoms with Gasteiger partial charge in [-0.1, -0.05) is 26.7 Å². The highest BCUT2D eigenvalue weighted by atomic mass is 35.5. The molecule has 23 heavy (non-hydrogen) atoms. The number of piperidine rings is 1. The van der Waals surface area contributed by atoms with Gasteiger partial charge in [-0.15, -0.1) is 24.8 Å². The molecular formula is C17H35Cl2N3O. The van der Waals surface area contributed by atoms with Crippen LogP contribution in [0.1, 0.15) is 59.8 Å². The Morgan fingerprint density at radius 1 is 1.17 bits per heavy atom. The number of nitrogens with one attached hydrogen (secondary N) is 1. The maximum absolute atomic E-state index is 12.4. The van der Waals surface area contributed by atoms with Gasteiger partial charge in [-0.25, -0.2) is 0 Å². The minimum atomic E-state index is -0.613. The Morgan fingerprint density at radius 2 is 1.65 bits per heavy atom. The van der Waals surface area contributed by atoms with E-state index in [1.165, 1.54) is 6.42 Å². The van der Waals surface area contributed by atoms with Crippen LogP contribution in [-0.2, 0) is 4.79 Å². The molecule has 2 unspecified atom stereocenters. The minimum absolute atomic E-state index is 0. The second-order valence-electron chi connectivity index (χ2n) is 8.21. The summed E-state index contributed by atoms with van der Waals surface area (Å²) in [6, 6.07) is 0. The van der Waals surface area contributed by atoms with Gasteiger partial charge in [0.1, 0.15) is 0 Å². The number of carbonyl (C=O) groups is 1. The first-order valence-electron chi connectivity index (χ1n) is 8.55. The fourth-order valence-electron chi connectivity index (χ4n) is 3.97. The molecule has 0 radical (unpaired) electrons. The highest BCUT2D eigenvalue weighted by Crippen LogP contribution is 2.29. The molecule has 0 aromatic carbocycles. The van der Waals surface area contributed by atoms with Gasteiger partial charge in [0.05, 0.1) is 5.54 Å². The molecule has 1 aliphatic carbocycles. The number of hydrogen-bond donors (Lipinski definition) is 2. The van der Waals surface area contributed by atoms with Crippen molar-refractivity contribution < 1.29 is 4.79 Å². The molecule has 1 saturated carbocycles. The van der Waals surface area contributed by atoms with E-state index >= 15 is 0 Å². The molecule has 1 aliphatic heterocycles. The fourth-order valence-corrected chi connectivity index (χ4v) is 3.97. The van der Waals surface area contributed by atoms with Gasteiger partial charge in [-0.2, -0.15) is 0 Å². The van der Waals surface area contributed by atoms with E-state index in [2.05, 4.69) is 37.9 Å². The zero-order valence-corrected chi connectivity index (χ0v) is 16.7. The van der Waals surface area contributed by atoms with E-state index in [1.807, 2.05) is 0 Å². The quantitative estimate of drug-likeness (QED) is 0.802. The Bertz CT molecular complexity index is 374. The number of nitrogens with zero attached hydrogens (tertiary/aromatic N) is 1. The number of hydrogen-bond acceptors (Lipinski definition) is 3. The Hall–Kier alpha value is -0.0300. The number of carbonyl (C=O) groups excluding carboxylic acids is 1. The van der Waals surface area contributed by atoms with E-state index in [0.29, 0.717) is 6.54 Å². The SMILES string of the molecule is CC1CC(C)CN(C(C)(C)CNC(=O)C2(N)CCCC2)C1.Cl.Cl. The maximum atomic E-state index is 12.4. The van der Waals surface area contributed by atoms with Gasteiger partial charge in [0.15, 0.2) is 0 Å². The zero-order chi connectivity index (χ0) is 15.7. The number of likely N-dealkylation sites (tertiary alicyclic amines) is 1. The molecular weight excluding hydrogens is 333 g/mol. The molecule has 3 N–H and O–H groups in total. The minimum Gasteiger partial charge on any atom is -0.353 e. The van der Waals surface area contributed by atoms with Crippen LogP contribution >= 0.6 is 24.8 Å². The molecule has 138 valence electrons. The molecule has 2 rings (SSSR count). The molecule has 1 saturated heterocycles. The van der Waals surface area contributed by atoms with E-state index in [4.69, 9.17) is 5.73 Å². The smallest absolute Gasteiger partial charge is 0.240 e. The number of halogens is 2. The van der Waals surface area contributed by atoms with Crippen molar-refractivity contribution in [3.63, 3.8) is 0 Å². The van der Waals surface area contributed by atoms with Crippen molar-refractivity contribution in [1.82, 2.24) is 10.2 Å². The molecule has 0 aromatic rings. The van der Waals surface area contributed by atoms with Crippen LogP contribution < -0.4 is 11.1 Å². The average molecular weight is 368 g/mol. The van der Waals surface area contributed by atoms with Crippen molar-refractivity contribution in [2.24, 2.45) is 17.6 Å². The lowest BCUT2D eigenvalue weighted by Crippen LogP contribution is -2.59. The third-order valence-corrected chi connectivity index (χ3v) is 5.35. The second kappa shape index (κ2) is 8.89. The molecule has 2 aliphatic rings. The highest BCUT2D eigenvalue weighted by molar-refractivity contribution is 5.86. The normalized spacial score (nSPS) is 27.7. The van der Waals surface area contributed by atoms with Crippen LogP contribution in [0.2, 0.25) is 0 Å². The van der Waals surface area contributed by atoms with Crippen molar-refractivity contribution in [3.8, 4) is 0 Å². The van der Waals surface area contributed by atoms with Gasteiger partial charge < -0.3 is 11.1 Å². The number of rotatable bonds is 4. The van der Waals surface area contributed by atoms with Crippen LogP contribution in [0.15, 0.2) is 0 Å². The van der Waals surface area contributed by atoms with Crippen LogP contribution in [-0.4, -0.2) is 41.5 Å². The Morgan fingerprint density at radius 3 is 2.13 bits per heavy atom. The predicted molar refractivity (Wildman–Crippen MR) is 101 cm³/mol. The van der Waals surface area contributed by atoms with Crippen molar-refractivity contribution in [2.45, 2.75) is 70.9 Å². The summed E-state index contributed by atoms with van der Waals surface area (Å²) in [6.07, 6.45) is 5.13. The lowest BCUT2D eigenvalue weighted by atomic mass is 9.87. The van der Waals surface area contributed by atoms with Crippen LogP contribution in [0.25, 0.3) is 0 Å². The Labute approximate surface area is 154 Å². The topological polar surface area (TPSA) is 58.4 Å². The van der Waals surface area contributed by atoms with Crippen molar-refractivity contribution in [1.29, 1.82) is 0 Å². The molecule has 1 amide bonds. The average Bonchev–Trinajstić information content (AvgIpc) is 2.83. The number of amides is 1. The van der Waals surface area contributed by atoms with Crippen LogP contribution in [0.4, 0.5) is 0 Å². The van der Waals surface area contributed by atoms with Crippen molar-refractivity contribution in [3.05, 3.63) is 0 Å². The lowest BCUT2D eigenvalue weighted by molar-refractivity contribution is -0.126. The summed E-state index contributed by atoms with van der Waals surface area (Å²) in [5.41, 5.74) is 5.61. The molecule has 0 spiro atoms.